The van der Waals surface area contributed by atoms with Crippen molar-refractivity contribution >= 4 is 69.5 Å². The van der Waals surface area contributed by atoms with Crippen molar-refractivity contribution in [3.63, 3.8) is 0 Å². The minimum absolute atomic E-state index is 0.0560. The van der Waals surface area contributed by atoms with E-state index in [1.807, 2.05) is 36.4 Å². The average Bonchev–Trinajstić information content (AvgIpc) is 3.60. The number of para-hydroxylation sites is 2. The lowest BCUT2D eigenvalue weighted by molar-refractivity contribution is -0.141. The molecule has 5 rings (SSSR count). The lowest BCUT2D eigenvalue weighted by Gasteiger charge is -2.24. The minimum Gasteiger partial charge on any atom is -0.481 e. The number of benzene rings is 3. The van der Waals surface area contributed by atoms with Gasteiger partial charge in [0.2, 0.25) is 23.6 Å². The molecule has 63 heavy (non-hydrogen) atoms. The number of anilines is 2. The van der Waals surface area contributed by atoms with Crippen molar-refractivity contribution in [1.29, 1.82) is 0 Å². The lowest BCUT2D eigenvalue weighted by Crippen LogP contribution is -2.44. The van der Waals surface area contributed by atoms with E-state index in [1.165, 1.54) is 16.7 Å². The highest BCUT2D eigenvalue weighted by atomic mass is 16.4. The number of H-pyrrole nitrogens is 1. The first-order valence-electron chi connectivity index (χ1n) is 21.3. The number of hydrogen-bond donors (Lipinski definition) is 6. The van der Waals surface area contributed by atoms with Gasteiger partial charge in [-0.1, -0.05) is 30.7 Å². The van der Waals surface area contributed by atoms with Crippen LogP contribution in [0.4, 0.5) is 11.4 Å². The van der Waals surface area contributed by atoms with Crippen LogP contribution in [-0.4, -0.2) is 105 Å². The Morgan fingerprint density at radius 1 is 0.841 bits per heavy atom. The van der Waals surface area contributed by atoms with Gasteiger partial charge in [0.25, 0.3) is 5.91 Å². The summed E-state index contributed by atoms with van der Waals surface area (Å²) in [6.07, 6.45) is 3.25. The molecule has 2 heterocycles. The molecule has 1 aromatic heterocycles. The van der Waals surface area contributed by atoms with Crippen molar-refractivity contribution in [2.24, 2.45) is 0 Å². The summed E-state index contributed by atoms with van der Waals surface area (Å²) in [5, 5.41) is 21.1. The van der Waals surface area contributed by atoms with Crippen molar-refractivity contribution in [2.45, 2.75) is 96.7 Å². The van der Waals surface area contributed by atoms with Gasteiger partial charge < -0.3 is 41.2 Å². The van der Waals surface area contributed by atoms with E-state index in [0.717, 1.165) is 16.6 Å². The third-order valence-electron chi connectivity index (χ3n) is 10.5. The Labute approximate surface area is 365 Å². The Kier molecular flexibility index (Phi) is 17.5. The Hall–Kier alpha value is -6.91. The minimum atomic E-state index is -1.15. The smallest absolute Gasteiger partial charge is 0.305 e. The zero-order valence-corrected chi connectivity index (χ0v) is 35.8. The van der Waals surface area contributed by atoms with Crippen LogP contribution in [0, 0.1) is 0 Å². The first-order chi connectivity index (χ1) is 30.2. The number of nitrogens with one attached hydrogen (secondary N) is 5. The van der Waals surface area contributed by atoms with E-state index in [-0.39, 0.29) is 93.5 Å². The number of unbranched alkanes of at least 4 members (excludes halogenated alkanes) is 2. The number of aromatic nitrogens is 2. The second kappa shape index (κ2) is 23.3. The van der Waals surface area contributed by atoms with Crippen LogP contribution in [0.5, 0.6) is 0 Å². The number of ketones is 2. The van der Waals surface area contributed by atoms with Crippen LogP contribution >= 0.6 is 0 Å². The maximum absolute atomic E-state index is 13.5. The molecule has 0 bridgehead atoms. The highest BCUT2D eigenvalue weighted by molar-refractivity contribution is 5.98. The summed E-state index contributed by atoms with van der Waals surface area (Å²) in [6.45, 7) is 2.45. The molecule has 1 aliphatic rings. The molecule has 0 radical (unpaired) electrons. The Morgan fingerprint density at radius 2 is 1.56 bits per heavy atom. The fourth-order valence-corrected chi connectivity index (χ4v) is 7.21. The van der Waals surface area contributed by atoms with Gasteiger partial charge in [-0.05, 0) is 86.2 Å². The molecular weight excluding hydrogens is 809 g/mol. The number of carbonyl (C=O) groups excluding carboxylic acids is 7. The van der Waals surface area contributed by atoms with E-state index in [4.69, 9.17) is 0 Å². The molecule has 17 heteroatoms. The number of carbonyl (C=O) groups is 8. The van der Waals surface area contributed by atoms with Gasteiger partial charge in [0.15, 0.2) is 0 Å². The van der Waals surface area contributed by atoms with Gasteiger partial charge in [-0.2, -0.15) is 0 Å². The first kappa shape index (κ1) is 47.1. The fraction of sp³-hybridized carbons (Fsp3) is 0.413. The van der Waals surface area contributed by atoms with E-state index in [2.05, 4.69) is 31.2 Å². The summed E-state index contributed by atoms with van der Waals surface area (Å²) < 4.78 is 0. The highest BCUT2D eigenvalue weighted by Gasteiger charge is 2.31. The van der Waals surface area contributed by atoms with E-state index in [0.29, 0.717) is 67.0 Å². The van der Waals surface area contributed by atoms with Gasteiger partial charge in [0, 0.05) is 75.8 Å². The van der Waals surface area contributed by atoms with Crippen molar-refractivity contribution in [3.05, 3.63) is 89.2 Å². The van der Waals surface area contributed by atoms with E-state index < -0.39 is 24.3 Å². The van der Waals surface area contributed by atoms with E-state index in [1.54, 1.807) is 37.4 Å². The number of aliphatic carboxylic acids is 1. The van der Waals surface area contributed by atoms with Crippen LogP contribution < -0.4 is 21.3 Å². The predicted octanol–water partition coefficient (Wildman–Crippen LogP) is 4.52. The van der Waals surface area contributed by atoms with Gasteiger partial charge in [-0.15, -0.1) is 0 Å². The second-order valence-electron chi connectivity index (χ2n) is 15.8. The van der Waals surface area contributed by atoms with Crippen LogP contribution in [0.1, 0.15) is 98.4 Å². The largest absolute Gasteiger partial charge is 0.481 e. The molecule has 0 unspecified atom stereocenters. The zero-order chi connectivity index (χ0) is 45.3. The van der Waals surface area contributed by atoms with Crippen LogP contribution in [0.2, 0.25) is 0 Å². The van der Waals surface area contributed by atoms with Crippen LogP contribution in [0.3, 0.4) is 0 Å². The molecular formula is C46H56N8O9. The van der Waals surface area contributed by atoms with Gasteiger partial charge in [-0.25, -0.2) is 4.98 Å². The van der Waals surface area contributed by atoms with Crippen molar-refractivity contribution in [3.8, 4) is 0 Å². The molecule has 1 atom stereocenters. The summed E-state index contributed by atoms with van der Waals surface area (Å²) in [6, 6.07) is 18.7. The van der Waals surface area contributed by atoms with E-state index >= 15 is 0 Å². The van der Waals surface area contributed by atoms with Crippen LogP contribution in [0.25, 0.3) is 11.0 Å². The predicted molar refractivity (Wildman–Crippen MR) is 235 cm³/mol. The van der Waals surface area contributed by atoms with Gasteiger partial charge in [0.1, 0.15) is 23.4 Å². The topological polar surface area (TPSA) is 240 Å². The van der Waals surface area contributed by atoms with E-state index in [9.17, 15) is 43.5 Å². The SMILES string of the molecule is CC(=O)CC(=O)CCc1ccc(NC(=O)CCCC(=O)NCCCCCC(=O)NCCN2Cc3cc(C(=O)N(C)Cc4nc5ccccc5[nH]4)ccc3N[C@@H](CC(=O)O)C2=O)cc1. The number of aromatic amines is 1. The molecule has 1 aliphatic heterocycles. The molecule has 0 saturated carbocycles. The van der Waals surface area contributed by atoms with Crippen LogP contribution in [0.15, 0.2) is 66.7 Å². The fourth-order valence-electron chi connectivity index (χ4n) is 7.21. The third-order valence-corrected chi connectivity index (χ3v) is 10.5. The molecule has 6 N–H and O–H groups in total. The number of rotatable bonds is 24. The number of aryl methyl sites for hydroxylation is 1. The summed E-state index contributed by atoms with van der Waals surface area (Å²) in [7, 11) is 1.67. The number of hydrogen-bond acceptors (Lipinski definition) is 10. The van der Waals surface area contributed by atoms with Crippen molar-refractivity contribution in [1.82, 2.24) is 30.4 Å². The normalized spacial score (nSPS) is 13.3. The number of carboxylic acid groups (broad SMARTS) is 1. The highest BCUT2D eigenvalue weighted by Crippen LogP contribution is 2.26. The summed E-state index contributed by atoms with van der Waals surface area (Å²) in [5.74, 6) is -2.03. The Bertz CT molecular complexity index is 2260. The average molecular weight is 865 g/mol. The maximum Gasteiger partial charge on any atom is 0.305 e. The maximum atomic E-state index is 13.5. The van der Waals surface area contributed by atoms with Gasteiger partial charge in [0.05, 0.1) is 30.4 Å². The summed E-state index contributed by atoms with van der Waals surface area (Å²) in [4.78, 5) is 110. The number of amides is 5. The number of nitrogens with zero attached hydrogens (tertiary/aromatic N) is 3. The monoisotopic (exact) mass is 864 g/mol. The standard InChI is InChI=1S/C46H56N8O9/c1-30(55)25-35(56)20-16-31-14-18-34(19-15-31)49-43(59)13-8-12-42(58)47-22-7-3-4-11-41(57)48-23-24-54-28-33-26-32(17-21-36(33)50-39(46(54)63)27-44(60)61)45(62)53(2)29-40-51-37-9-5-6-10-38(37)52-40/h5-6,9-10,14-15,17-19,21,26,39,50H,3-4,7-8,11-13,16,20,22-25,27-29H2,1-2H3,(H,47,58)(H,48,57)(H,49,59)(H,51,52)(H,60,61)/t39-/m0/s1. The number of fused-ring (bicyclic) bond motifs is 2. The first-order valence-corrected chi connectivity index (χ1v) is 21.3. The number of Topliss-reactive ketones (excluding diaryl/α,β-unsaturated/α-hetero) is 2. The summed E-state index contributed by atoms with van der Waals surface area (Å²) in [5.41, 5.74) is 4.78. The molecule has 334 valence electrons. The molecule has 5 amide bonds. The quantitative estimate of drug-likeness (QED) is 0.0423. The Balaban J connectivity index is 0.971. The second-order valence-corrected chi connectivity index (χ2v) is 15.8. The molecule has 0 aliphatic carbocycles. The molecule has 17 nitrogen and oxygen atoms in total. The molecule has 0 fully saturated rings. The van der Waals surface area contributed by atoms with Crippen molar-refractivity contribution < 1.29 is 43.5 Å². The molecule has 0 spiro atoms. The van der Waals surface area contributed by atoms with Crippen molar-refractivity contribution in [2.75, 3.05) is 37.3 Å². The Morgan fingerprint density at radius 3 is 2.29 bits per heavy atom. The van der Waals surface area contributed by atoms with Crippen LogP contribution in [-0.2, 0) is 53.1 Å². The number of imidazole rings is 1. The molecule has 3 aromatic carbocycles. The zero-order valence-electron chi connectivity index (χ0n) is 35.8. The molecule has 4 aromatic rings. The molecule has 0 saturated heterocycles. The number of carboxylic acids is 1. The van der Waals surface area contributed by atoms with Gasteiger partial charge in [-0.3, -0.25) is 38.4 Å². The van der Waals surface area contributed by atoms with Gasteiger partial charge >= 0.3 is 5.97 Å². The summed E-state index contributed by atoms with van der Waals surface area (Å²) >= 11 is 0. The third kappa shape index (κ3) is 15.2. The lowest BCUT2D eigenvalue weighted by atomic mass is 10.0.